The van der Waals surface area contributed by atoms with E-state index in [-0.39, 0.29) is 54.0 Å². The molecule has 3 saturated heterocycles. The molecule has 0 radical (unpaired) electrons. The first-order valence-corrected chi connectivity index (χ1v) is 18.6. The first kappa shape index (κ1) is 50.8. The van der Waals surface area contributed by atoms with Crippen LogP contribution in [0.25, 0.3) is 0 Å². The van der Waals surface area contributed by atoms with Crippen LogP contribution in [0, 0.1) is 13.8 Å². The van der Waals surface area contributed by atoms with Crippen LogP contribution in [0.5, 0.6) is 0 Å². The number of aliphatic hydroxyl groups excluding tert-OH is 2. The summed E-state index contributed by atoms with van der Waals surface area (Å²) in [4.78, 5) is 50.5. The van der Waals surface area contributed by atoms with Crippen LogP contribution in [0.15, 0.2) is 31.6 Å². The summed E-state index contributed by atoms with van der Waals surface area (Å²) >= 11 is 0. The van der Waals surface area contributed by atoms with E-state index < -0.39 is 50.1 Å². The number of aliphatic hydroxyl groups is 2. The van der Waals surface area contributed by atoms with Gasteiger partial charge in [-0.1, -0.05) is 14.9 Å². The van der Waals surface area contributed by atoms with Gasteiger partial charge in [0.2, 0.25) is 0 Å². The molecule has 2 aromatic rings. The molecule has 0 bridgehead atoms. The second-order valence-corrected chi connectivity index (χ2v) is 17.5. The number of aromatic nitrogens is 4. The Morgan fingerprint density at radius 1 is 0.811 bits per heavy atom. The number of H-pyrrole nitrogens is 2. The van der Waals surface area contributed by atoms with Gasteiger partial charge in [-0.15, -0.1) is 0 Å². The van der Waals surface area contributed by atoms with Crippen LogP contribution in [0.2, 0.25) is 0 Å². The van der Waals surface area contributed by atoms with Gasteiger partial charge in [0, 0.05) is 36.4 Å². The van der Waals surface area contributed by atoms with E-state index in [1.807, 2.05) is 32.9 Å². The van der Waals surface area contributed by atoms with Gasteiger partial charge in [-0.2, -0.15) is 0 Å². The fraction of sp³-hybridized carbons (Fsp3) is 0.750. The summed E-state index contributed by atoms with van der Waals surface area (Å²) in [5, 5.41) is 21.3. The molecule has 7 unspecified atom stereocenters. The Kier molecular flexibility index (Phi) is 22.7. The summed E-state index contributed by atoms with van der Waals surface area (Å²) < 4.78 is 33.9. The molecule has 3 aliphatic rings. The number of hydrogen-bond donors (Lipinski definition) is 5. The molecule has 0 amide bonds. The van der Waals surface area contributed by atoms with Gasteiger partial charge in [-0.25, -0.2) is 14.3 Å². The molecule has 5 heterocycles. The van der Waals surface area contributed by atoms with Crippen molar-refractivity contribution >= 4 is 16.9 Å². The molecule has 5 rings (SSSR count). The number of nitrogens with zero attached hydrogens (tertiary/aromatic N) is 6. The van der Waals surface area contributed by atoms with E-state index in [0.717, 1.165) is 0 Å². The quantitative estimate of drug-likeness (QED) is 0.246. The minimum atomic E-state index is -1.06. The standard InChI is InChI=1S/C12H18N3O5P.C10H14N2O5.C6H18N3P.C2H7N.2CH4/c1-7-5-15(12(17)13-11(7)16)10-4-8-9(19-10)6-18-21(20-8)14(2)3;1-5-3-12(10(16)11-9(5)15)8-2-6(14)7(4-13)17-8;1-7(2)10(8(3)4)9(5)6;1-3-2;;/h5,8-10H,4,6H2,1-3H3,(H,13,16,17);3,6-8,13-14H,2,4H2,1H3,(H,11,15,16);1-6H3;3H,1-2H3;2*1H4. The average Bonchev–Trinajstić information content (AvgIpc) is 3.63. The average molecular weight is 798 g/mol. The minimum absolute atomic E-state index is 0. The largest absolute Gasteiger partial charge is 0.394 e. The number of ether oxygens (including phenoxy) is 2. The number of hydrogen-bond acceptors (Lipinski definition) is 15. The van der Waals surface area contributed by atoms with E-state index in [0.29, 0.717) is 24.2 Å². The molecule has 3 fully saturated rings. The number of fused-ring (bicyclic) bond motifs is 1. The van der Waals surface area contributed by atoms with Gasteiger partial charge in [0.25, 0.3) is 19.6 Å². The maximum absolute atomic E-state index is 11.9. The number of nitrogens with one attached hydrogen (secondary N) is 3. The fourth-order valence-corrected chi connectivity index (χ4v) is 8.70. The Morgan fingerprint density at radius 2 is 1.25 bits per heavy atom. The van der Waals surface area contributed by atoms with E-state index in [1.165, 1.54) is 21.5 Å². The highest BCUT2D eigenvalue weighted by Crippen LogP contribution is 2.50. The second kappa shape index (κ2) is 23.6. The highest BCUT2D eigenvalue weighted by Gasteiger charge is 2.43. The Labute approximate surface area is 315 Å². The third kappa shape index (κ3) is 14.4. The molecular formula is C32H65N9O10P2. The molecule has 3 aliphatic heterocycles. The number of aromatic amines is 2. The Hall–Kier alpha value is -2.22. The van der Waals surface area contributed by atoms with Crippen molar-refractivity contribution in [3.63, 3.8) is 0 Å². The Balaban J connectivity index is 0.000000763. The zero-order valence-electron chi connectivity index (χ0n) is 31.7. The lowest BCUT2D eigenvalue weighted by Crippen LogP contribution is -2.34. The molecule has 5 N–H and O–H groups in total. The molecule has 0 aromatic carbocycles. The van der Waals surface area contributed by atoms with Gasteiger partial charge >= 0.3 is 11.4 Å². The van der Waals surface area contributed by atoms with Gasteiger partial charge in [-0.3, -0.25) is 42.7 Å². The highest BCUT2D eigenvalue weighted by atomic mass is 31.2. The lowest BCUT2D eigenvalue weighted by molar-refractivity contribution is -0.0562. The molecular weight excluding hydrogens is 732 g/mol. The second-order valence-electron chi connectivity index (χ2n) is 12.8. The van der Waals surface area contributed by atoms with Gasteiger partial charge in [0.15, 0.2) is 0 Å². The molecule has 308 valence electrons. The van der Waals surface area contributed by atoms with Crippen LogP contribution >= 0.6 is 16.9 Å². The monoisotopic (exact) mass is 797 g/mol. The van der Waals surface area contributed by atoms with Gasteiger partial charge < -0.3 is 34.1 Å². The van der Waals surface area contributed by atoms with Crippen molar-refractivity contribution in [3.05, 3.63) is 65.2 Å². The molecule has 21 heteroatoms. The van der Waals surface area contributed by atoms with Crippen molar-refractivity contribution in [2.45, 2.75) is 78.4 Å². The van der Waals surface area contributed by atoms with Crippen molar-refractivity contribution in [2.24, 2.45) is 0 Å². The summed E-state index contributed by atoms with van der Waals surface area (Å²) in [7, 11) is 18.9. The van der Waals surface area contributed by atoms with E-state index >= 15 is 0 Å². The first-order valence-electron chi connectivity index (χ1n) is 16.3. The molecule has 53 heavy (non-hydrogen) atoms. The molecule has 2 aromatic heterocycles. The topological polar surface area (TPSA) is 212 Å². The van der Waals surface area contributed by atoms with Crippen LogP contribution < -0.4 is 27.8 Å². The normalized spacial score (nSPS) is 24.7. The lowest BCUT2D eigenvalue weighted by atomic mass is 10.2. The van der Waals surface area contributed by atoms with Crippen LogP contribution in [-0.4, -0.2) is 156 Å². The Bertz CT molecular complexity index is 1580. The van der Waals surface area contributed by atoms with Gasteiger partial charge in [-0.05, 0) is 84.3 Å². The van der Waals surface area contributed by atoms with Crippen molar-refractivity contribution < 1.29 is 28.7 Å². The first-order chi connectivity index (χ1) is 23.9. The van der Waals surface area contributed by atoms with Crippen LogP contribution in [-0.2, 0) is 18.5 Å². The minimum Gasteiger partial charge on any atom is -0.394 e. The molecule has 0 spiro atoms. The maximum Gasteiger partial charge on any atom is 0.330 e. The van der Waals surface area contributed by atoms with Crippen molar-refractivity contribution in [1.82, 2.24) is 43.1 Å². The maximum atomic E-state index is 11.9. The van der Waals surface area contributed by atoms with E-state index in [2.05, 4.69) is 71.6 Å². The van der Waals surface area contributed by atoms with E-state index in [1.54, 1.807) is 13.8 Å². The summed E-state index contributed by atoms with van der Waals surface area (Å²) in [6, 6.07) is 0. The highest BCUT2D eigenvalue weighted by molar-refractivity contribution is 7.49. The van der Waals surface area contributed by atoms with Crippen LogP contribution in [0.3, 0.4) is 0 Å². The number of aryl methyl sites for hydroxylation is 2. The molecule has 0 saturated carbocycles. The van der Waals surface area contributed by atoms with Crippen LogP contribution in [0.1, 0.15) is 51.3 Å². The molecule has 7 atom stereocenters. The third-order valence-corrected chi connectivity index (χ3v) is 11.1. The lowest BCUT2D eigenvalue weighted by Gasteiger charge is -2.34. The Morgan fingerprint density at radius 3 is 1.60 bits per heavy atom. The predicted octanol–water partition coefficient (Wildman–Crippen LogP) is 0.828. The molecule has 19 nitrogen and oxygen atoms in total. The van der Waals surface area contributed by atoms with E-state index in [9.17, 15) is 24.3 Å². The summed E-state index contributed by atoms with van der Waals surface area (Å²) in [6.45, 7) is 3.36. The summed E-state index contributed by atoms with van der Waals surface area (Å²) in [5.74, 6) is 0. The van der Waals surface area contributed by atoms with Gasteiger partial charge in [0.1, 0.15) is 33.0 Å². The predicted molar refractivity (Wildman–Crippen MR) is 210 cm³/mol. The third-order valence-electron chi connectivity index (χ3n) is 7.45. The molecule has 0 aliphatic carbocycles. The zero-order valence-corrected chi connectivity index (χ0v) is 33.5. The fourth-order valence-electron chi connectivity index (χ4n) is 5.35. The zero-order chi connectivity index (χ0) is 38.7. The van der Waals surface area contributed by atoms with Gasteiger partial charge in [0.05, 0.1) is 25.4 Å². The van der Waals surface area contributed by atoms with Crippen molar-refractivity contribution in [1.29, 1.82) is 0 Å². The van der Waals surface area contributed by atoms with Crippen molar-refractivity contribution in [2.75, 3.05) is 83.7 Å². The number of rotatable bonds is 7. The van der Waals surface area contributed by atoms with E-state index in [4.69, 9.17) is 23.6 Å². The smallest absolute Gasteiger partial charge is 0.330 e. The van der Waals surface area contributed by atoms with Crippen molar-refractivity contribution in [3.8, 4) is 0 Å². The summed E-state index contributed by atoms with van der Waals surface area (Å²) in [6.07, 6.45) is 0.779. The SMILES string of the molecule is C.C.CN(C)P(N(C)C)N(C)C.CNC.Cc1cn(C2CC(O)C(CO)O2)c(=O)[nH]c1=O.Cc1cn(C2CC3OP(N(C)C)OCC3O2)c(=O)[nH]c1=O. The summed E-state index contributed by atoms with van der Waals surface area (Å²) in [5.41, 5.74) is -1.01. The van der Waals surface area contributed by atoms with Crippen LogP contribution in [0.4, 0.5) is 0 Å².